The second-order valence-electron chi connectivity index (χ2n) is 11.9. The van der Waals surface area contributed by atoms with Crippen LogP contribution in [0.25, 0.3) is 0 Å². The molecule has 39 heavy (non-hydrogen) atoms. The largest absolute Gasteiger partial charge is 0.394 e. The summed E-state index contributed by atoms with van der Waals surface area (Å²) in [4.78, 5) is 47.7. The zero-order chi connectivity index (χ0) is 28.7. The minimum Gasteiger partial charge on any atom is -0.394 e. The van der Waals surface area contributed by atoms with Crippen LogP contribution in [0.15, 0.2) is 55.6 Å². The van der Waals surface area contributed by atoms with Gasteiger partial charge in [-0.05, 0) is 45.1 Å². The molecule has 8 nitrogen and oxygen atoms in total. The topological polar surface area (TPSA) is 90.4 Å². The van der Waals surface area contributed by atoms with Crippen LogP contribution in [0.2, 0.25) is 0 Å². The van der Waals surface area contributed by atoms with Crippen molar-refractivity contribution in [1.29, 1.82) is 0 Å². The van der Waals surface area contributed by atoms with E-state index in [1.165, 1.54) is 0 Å². The lowest BCUT2D eigenvalue weighted by Crippen LogP contribution is -2.60. The van der Waals surface area contributed by atoms with Crippen LogP contribution in [-0.2, 0) is 25.5 Å². The Morgan fingerprint density at radius 2 is 1.82 bits per heavy atom. The van der Waals surface area contributed by atoms with Crippen molar-refractivity contribution in [1.82, 2.24) is 14.7 Å². The molecule has 0 radical (unpaired) electrons. The third-order valence-electron chi connectivity index (χ3n) is 9.18. The van der Waals surface area contributed by atoms with Gasteiger partial charge < -0.3 is 24.5 Å². The average molecular weight is 538 g/mol. The lowest BCUT2D eigenvalue weighted by molar-refractivity contribution is -0.158. The van der Waals surface area contributed by atoms with E-state index in [0.717, 1.165) is 5.56 Å². The lowest BCUT2D eigenvalue weighted by atomic mass is 9.62. The molecule has 1 aromatic carbocycles. The molecule has 7 atom stereocenters. The van der Waals surface area contributed by atoms with Crippen molar-refractivity contribution in [3.8, 4) is 0 Å². The van der Waals surface area contributed by atoms with E-state index in [1.54, 1.807) is 33.9 Å². The summed E-state index contributed by atoms with van der Waals surface area (Å²) in [6.07, 6.45) is 4.18. The van der Waals surface area contributed by atoms with Crippen molar-refractivity contribution in [3.63, 3.8) is 0 Å². The molecule has 0 aromatic heterocycles. The molecular formula is C31H43N3O5. The van der Waals surface area contributed by atoms with Crippen LogP contribution >= 0.6 is 0 Å². The standard InChI is InChI=1S/C31H43N3O5/c1-8-15-32(7)27(36)24-25-28(37)34(23(19-35)17-22-13-11-10-12-14-22)26(29(38)33(16-9-2)20(3)4)31(25)18-21(5)30(24,6)39-31/h8-14,20-21,23-26,35H,1-2,15-19H2,3-7H3/t21?,23-,24+,25+,26?,30-,31?/m1/s1. The highest BCUT2D eigenvalue weighted by Crippen LogP contribution is 2.65. The normalized spacial score (nSPS) is 31.8. The summed E-state index contributed by atoms with van der Waals surface area (Å²) < 4.78 is 6.84. The van der Waals surface area contributed by atoms with Crippen molar-refractivity contribution in [2.45, 2.75) is 69.9 Å². The van der Waals surface area contributed by atoms with Gasteiger partial charge in [0, 0.05) is 26.2 Å². The van der Waals surface area contributed by atoms with Crippen LogP contribution in [0.5, 0.6) is 0 Å². The van der Waals surface area contributed by atoms with Gasteiger partial charge in [-0.1, -0.05) is 49.4 Å². The van der Waals surface area contributed by atoms with Gasteiger partial charge >= 0.3 is 0 Å². The number of ether oxygens (including phenoxy) is 1. The summed E-state index contributed by atoms with van der Waals surface area (Å²) in [5.41, 5.74) is -1.12. The van der Waals surface area contributed by atoms with Crippen LogP contribution in [0.4, 0.5) is 0 Å². The molecule has 1 spiro atoms. The van der Waals surface area contributed by atoms with E-state index in [-0.39, 0.29) is 36.3 Å². The van der Waals surface area contributed by atoms with E-state index in [0.29, 0.717) is 25.9 Å². The first-order chi connectivity index (χ1) is 18.5. The minimum atomic E-state index is -1.17. The van der Waals surface area contributed by atoms with Gasteiger partial charge in [-0.2, -0.15) is 0 Å². The Balaban J connectivity index is 1.86. The van der Waals surface area contributed by atoms with Gasteiger partial charge in [0.2, 0.25) is 17.7 Å². The number of carbonyl (C=O) groups excluding carboxylic acids is 3. The quantitative estimate of drug-likeness (QED) is 0.439. The van der Waals surface area contributed by atoms with Crippen LogP contribution in [0, 0.1) is 17.8 Å². The first-order valence-corrected chi connectivity index (χ1v) is 13.9. The predicted octanol–water partition coefficient (Wildman–Crippen LogP) is 2.67. The van der Waals surface area contributed by atoms with Gasteiger partial charge in [0.15, 0.2) is 0 Å². The number of amides is 3. The summed E-state index contributed by atoms with van der Waals surface area (Å²) in [6.45, 7) is 15.7. The van der Waals surface area contributed by atoms with Crippen molar-refractivity contribution in [3.05, 3.63) is 61.2 Å². The van der Waals surface area contributed by atoms with E-state index in [2.05, 4.69) is 13.2 Å². The number of aliphatic hydroxyl groups excluding tert-OH is 1. The Kier molecular flexibility index (Phi) is 8.11. The molecule has 212 valence electrons. The number of likely N-dealkylation sites (N-methyl/N-ethyl adjacent to an activating group) is 1. The van der Waals surface area contributed by atoms with Crippen LogP contribution in [0.1, 0.15) is 39.7 Å². The summed E-state index contributed by atoms with van der Waals surface area (Å²) in [6, 6.07) is 7.85. The Labute approximate surface area is 232 Å². The zero-order valence-corrected chi connectivity index (χ0v) is 23.9. The molecule has 0 aliphatic carbocycles. The van der Waals surface area contributed by atoms with E-state index < -0.39 is 35.1 Å². The molecule has 3 aliphatic rings. The van der Waals surface area contributed by atoms with Crippen molar-refractivity contribution < 1.29 is 24.2 Å². The molecule has 3 fully saturated rings. The second kappa shape index (κ2) is 10.9. The highest BCUT2D eigenvalue weighted by Gasteiger charge is 2.80. The zero-order valence-electron chi connectivity index (χ0n) is 23.9. The smallest absolute Gasteiger partial charge is 0.248 e. The lowest BCUT2D eigenvalue weighted by Gasteiger charge is -2.40. The van der Waals surface area contributed by atoms with Crippen LogP contribution in [0.3, 0.4) is 0 Å². The number of aliphatic hydroxyl groups is 1. The fourth-order valence-electron chi connectivity index (χ4n) is 7.23. The van der Waals surface area contributed by atoms with Gasteiger partial charge in [-0.15, -0.1) is 13.2 Å². The average Bonchev–Trinajstić information content (AvgIpc) is 3.42. The minimum absolute atomic E-state index is 0.0588. The Hall–Kier alpha value is -2.97. The van der Waals surface area contributed by atoms with E-state index in [9.17, 15) is 19.5 Å². The Morgan fingerprint density at radius 3 is 2.38 bits per heavy atom. The molecule has 2 bridgehead atoms. The summed E-state index contributed by atoms with van der Waals surface area (Å²) in [7, 11) is 1.70. The van der Waals surface area contributed by atoms with Crippen molar-refractivity contribution >= 4 is 17.7 Å². The molecule has 0 saturated carbocycles. The maximum absolute atomic E-state index is 14.5. The molecule has 4 rings (SSSR count). The van der Waals surface area contributed by atoms with Gasteiger partial charge in [-0.25, -0.2) is 0 Å². The predicted molar refractivity (Wildman–Crippen MR) is 150 cm³/mol. The van der Waals surface area contributed by atoms with Gasteiger partial charge in [0.1, 0.15) is 11.6 Å². The van der Waals surface area contributed by atoms with Crippen LogP contribution in [-0.4, -0.2) is 93.6 Å². The van der Waals surface area contributed by atoms with E-state index in [4.69, 9.17) is 4.74 Å². The van der Waals surface area contributed by atoms with E-state index in [1.807, 2.05) is 58.0 Å². The molecule has 3 saturated heterocycles. The fraction of sp³-hybridized carbons (Fsp3) is 0.581. The number of likely N-dealkylation sites (tertiary alicyclic amines) is 1. The second-order valence-corrected chi connectivity index (χ2v) is 11.9. The number of rotatable bonds is 11. The number of fused-ring (bicyclic) bond motifs is 1. The summed E-state index contributed by atoms with van der Waals surface area (Å²) in [5, 5.41) is 10.6. The number of nitrogens with zero attached hydrogens (tertiary/aromatic N) is 3. The molecule has 1 aromatic rings. The molecule has 3 unspecified atom stereocenters. The SMILES string of the molecule is C=CCN(C)C(=O)[C@@H]1[C@H]2C(=O)N([C@@H](CO)Cc3ccccc3)C(C(=O)N(CC=C)C(C)C)C23CC(C)[C@@]1(C)O3. The number of carbonyl (C=O) groups is 3. The monoisotopic (exact) mass is 537 g/mol. The number of hydrogen-bond donors (Lipinski definition) is 1. The molecule has 3 heterocycles. The van der Waals surface area contributed by atoms with Crippen molar-refractivity contribution in [2.24, 2.45) is 17.8 Å². The van der Waals surface area contributed by atoms with Gasteiger partial charge in [-0.3, -0.25) is 14.4 Å². The van der Waals surface area contributed by atoms with Gasteiger partial charge in [0.25, 0.3) is 0 Å². The Bertz CT molecular complexity index is 1120. The molecule has 3 aliphatic heterocycles. The van der Waals surface area contributed by atoms with Gasteiger partial charge in [0.05, 0.1) is 30.1 Å². The third-order valence-corrected chi connectivity index (χ3v) is 9.18. The number of benzene rings is 1. The third kappa shape index (κ3) is 4.51. The first kappa shape index (κ1) is 29.0. The molecule has 8 heteroatoms. The maximum atomic E-state index is 14.5. The first-order valence-electron chi connectivity index (χ1n) is 13.9. The fourth-order valence-corrected chi connectivity index (χ4v) is 7.23. The molecule has 1 N–H and O–H groups in total. The summed E-state index contributed by atoms with van der Waals surface area (Å²) in [5.74, 6) is -2.36. The Morgan fingerprint density at radius 1 is 1.18 bits per heavy atom. The maximum Gasteiger partial charge on any atom is 0.248 e. The van der Waals surface area contributed by atoms with Crippen LogP contribution < -0.4 is 0 Å². The highest BCUT2D eigenvalue weighted by atomic mass is 16.5. The van der Waals surface area contributed by atoms with Crippen molar-refractivity contribution in [2.75, 3.05) is 26.7 Å². The number of hydrogen-bond acceptors (Lipinski definition) is 5. The molecule has 3 amide bonds. The van der Waals surface area contributed by atoms with E-state index >= 15 is 0 Å². The summed E-state index contributed by atoms with van der Waals surface area (Å²) >= 11 is 0. The molecular weight excluding hydrogens is 494 g/mol. The highest BCUT2D eigenvalue weighted by molar-refractivity contribution is 5.99.